The fourth-order valence-electron chi connectivity index (χ4n) is 4.15. The van der Waals surface area contributed by atoms with E-state index >= 15 is 0 Å². The van der Waals surface area contributed by atoms with Crippen molar-refractivity contribution in [2.45, 2.75) is 37.6 Å². The molecule has 1 aliphatic rings. The molecule has 1 fully saturated rings. The third-order valence-corrected chi connectivity index (χ3v) is 8.09. The van der Waals surface area contributed by atoms with Gasteiger partial charge in [-0.2, -0.15) is 0 Å². The summed E-state index contributed by atoms with van der Waals surface area (Å²) in [4.78, 5) is 34.2. The summed E-state index contributed by atoms with van der Waals surface area (Å²) in [7, 11) is -0.552. The number of rotatable bonds is 6. The average molecular weight is 511 g/mol. The molecule has 0 bridgehead atoms. The Kier molecular flexibility index (Phi) is 6.56. The first kappa shape index (κ1) is 25.3. The van der Waals surface area contributed by atoms with E-state index in [0.717, 1.165) is 6.42 Å². The lowest BCUT2D eigenvalue weighted by atomic mass is 9.90. The van der Waals surface area contributed by atoms with Crippen LogP contribution >= 0.6 is 0 Å². The number of nitrogens with two attached hydrogens (primary N) is 1. The van der Waals surface area contributed by atoms with Crippen LogP contribution in [-0.4, -0.2) is 60.4 Å². The van der Waals surface area contributed by atoms with Crippen molar-refractivity contribution < 1.29 is 13.2 Å². The number of sulfonamides is 1. The lowest BCUT2D eigenvalue weighted by molar-refractivity contribution is 0.0981. The van der Waals surface area contributed by atoms with E-state index in [1.807, 2.05) is 14.1 Å². The zero-order valence-corrected chi connectivity index (χ0v) is 21.7. The monoisotopic (exact) mass is 510 g/mol. The van der Waals surface area contributed by atoms with Crippen LogP contribution in [0.1, 0.15) is 37.6 Å². The number of anilines is 3. The predicted molar refractivity (Wildman–Crippen MR) is 138 cm³/mol. The van der Waals surface area contributed by atoms with Gasteiger partial charge >= 0.3 is 0 Å². The van der Waals surface area contributed by atoms with E-state index in [-0.39, 0.29) is 21.8 Å². The topological polar surface area (TPSA) is 147 Å². The number of nitrogens with zero attached hydrogens (tertiary/aromatic N) is 6. The van der Waals surface area contributed by atoms with Crippen molar-refractivity contribution in [2.24, 2.45) is 5.92 Å². The number of carbonyl (C=O) groups excluding carboxylic acids is 1. The predicted octanol–water partition coefficient (Wildman–Crippen LogP) is 2.33. The Balaban J connectivity index is 1.76. The summed E-state index contributed by atoms with van der Waals surface area (Å²) in [6.45, 7) is 6.99. The summed E-state index contributed by atoms with van der Waals surface area (Å²) >= 11 is 0. The van der Waals surface area contributed by atoms with E-state index in [1.165, 1.54) is 18.3 Å². The van der Waals surface area contributed by atoms with Gasteiger partial charge in [0.1, 0.15) is 16.5 Å². The van der Waals surface area contributed by atoms with Gasteiger partial charge in [-0.25, -0.2) is 33.1 Å². The van der Waals surface area contributed by atoms with Gasteiger partial charge in [-0.15, -0.1) is 0 Å². The van der Waals surface area contributed by atoms with Gasteiger partial charge in [-0.05, 0) is 50.5 Å². The smallest absolute Gasteiger partial charge is 0.268 e. The average Bonchev–Trinajstić information content (AvgIpc) is 3.10. The zero-order valence-electron chi connectivity index (χ0n) is 20.9. The second kappa shape index (κ2) is 9.34. The van der Waals surface area contributed by atoms with Crippen LogP contribution < -0.4 is 20.3 Å². The highest BCUT2D eigenvalue weighted by Gasteiger charge is 2.41. The van der Waals surface area contributed by atoms with E-state index in [9.17, 15) is 13.2 Å². The summed E-state index contributed by atoms with van der Waals surface area (Å²) in [6.07, 6.45) is 5.62. The van der Waals surface area contributed by atoms with Crippen LogP contribution in [0.4, 0.5) is 17.6 Å². The van der Waals surface area contributed by atoms with E-state index in [0.29, 0.717) is 35.5 Å². The minimum Gasteiger partial charge on any atom is -0.383 e. The number of hydrogen-bond donors (Lipinski definition) is 2. The van der Waals surface area contributed by atoms with E-state index in [4.69, 9.17) is 10.7 Å². The van der Waals surface area contributed by atoms with Gasteiger partial charge in [0.2, 0.25) is 5.95 Å². The van der Waals surface area contributed by atoms with Gasteiger partial charge in [0, 0.05) is 50.3 Å². The first-order valence-corrected chi connectivity index (χ1v) is 13.0. The molecule has 0 saturated carbocycles. The molecule has 190 valence electrons. The van der Waals surface area contributed by atoms with Crippen LogP contribution in [0.25, 0.3) is 11.3 Å². The van der Waals surface area contributed by atoms with Gasteiger partial charge in [-0.3, -0.25) is 4.79 Å². The van der Waals surface area contributed by atoms with E-state index < -0.39 is 15.9 Å². The minimum absolute atomic E-state index is 0.137. The molecule has 1 atom stereocenters. The van der Waals surface area contributed by atoms with Gasteiger partial charge in [-0.1, -0.05) is 6.92 Å². The highest BCUT2D eigenvalue weighted by Crippen LogP contribution is 2.39. The Morgan fingerprint density at radius 2 is 1.86 bits per heavy atom. The number of aromatic nitrogens is 4. The van der Waals surface area contributed by atoms with Gasteiger partial charge in [0.25, 0.3) is 15.9 Å². The van der Waals surface area contributed by atoms with Crippen molar-refractivity contribution in [1.82, 2.24) is 24.7 Å². The molecule has 0 aromatic carbocycles. The number of nitrogen functional groups attached to an aromatic ring is 1. The zero-order chi connectivity index (χ0) is 26.3. The second-order valence-corrected chi connectivity index (χ2v) is 11.2. The summed E-state index contributed by atoms with van der Waals surface area (Å²) in [5.41, 5.74) is 6.81. The Labute approximate surface area is 210 Å². The first-order chi connectivity index (χ1) is 16.9. The van der Waals surface area contributed by atoms with Crippen LogP contribution in [0, 0.1) is 5.92 Å². The Bertz CT molecular complexity index is 1390. The summed E-state index contributed by atoms with van der Waals surface area (Å²) in [6, 6.07) is 5.97. The molecule has 12 heteroatoms. The van der Waals surface area contributed by atoms with Crippen LogP contribution in [0.5, 0.6) is 0 Å². The Morgan fingerprint density at radius 1 is 1.17 bits per heavy atom. The highest BCUT2D eigenvalue weighted by molar-refractivity contribution is 7.90. The molecule has 4 rings (SSSR count). The van der Waals surface area contributed by atoms with Crippen molar-refractivity contribution in [3.05, 3.63) is 48.4 Å². The fraction of sp³-hybridized carbons (Fsp3) is 0.375. The third-order valence-electron chi connectivity index (χ3n) is 6.71. The van der Waals surface area contributed by atoms with Crippen molar-refractivity contribution in [2.75, 3.05) is 36.2 Å². The van der Waals surface area contributed by atoms with Crippen LogP contribution in [0.2, 0.25) is 0 Å². The molecule has 1 saturated heterocycles. The number of amides is 1. The first-order valence-electron chi connectivity index (χ1n) is 11.5. The molecular formula is C24H30N8O3S. The van der Waals surface area contributed by atoms with Crippen molar-refractivity contribution >= 4 is 33.5 Å². The molecule has 0 radical (unpaired) electrons. The molecule has 4 heterocycles. The van der Waals surface area contributed by atoms with Crippen LogP contribution in [0.3, 0.4) is 0 Å². The van der Waals surface area contributed by atoms with Crippen LogP contribution in [-0.2, 0) is 10.0 Å². The molecule has 0 spiro atoms. The molecule has 0 aliphatic carbocycles. The standard InChI is InChI=1S/C24H30N8O3S/c1-15-10-12-32(24(15,2)3)21-17(22(33)30-36(34,35)19-7-6-11-26-20(19)25)8-9-18(29-21)16-13-27-23(28-14-16)31(4)5/h6-9,11,13-15H,10,12H2,1-5H3,(H2,25,26)(H,30,33). The molecule has 1 unspecified atom stereocenters. The molecule has 1 amide bonds. The molecular weight excluding hydrogens is 480 g/mol. The molecule has 1 aliphatic heterocycles. The second-order valence-electron chi connectivity index (χ2n) is 9.55. The molecule has 3 aromatic heterocycles. The summed E-state index contributed by atoms with van der Waals surface area (Å²) in [5.74, 6) is 0.291. The minimum atomic E-state index is -4.25. The molecule has 11 nitrogen and oxygen atoms in total. The largest absolute Gasteiger partial charge is 0.383 e. The quantitative estimate of drug-likeness (QED) is 0.506. The van der Waals surface area contributed by atoms with Crippen molar-refractivity contribution in [1.29, 1.82) is 0 Å². The Hall–Kier alpha value is -3.80. The maximum absolute atomic E-state index is 13.3. The normalized spacial score (nSPS) is 17.1. The van der Waals surface area contributed by atoms with E-state index in [2.05, 4.69) is 45.3 Å². The SMILES string of the molecule is CC1CCN(c2nc(-c3cnc(N(C)C)nc3)ccc2C(=O)NS(=O)(=O)c2cccnc2N)C1(C)C. The summed E-state index contributed by atoms with van der Waals surface area (Å²) < 4.78 is 28.0. The maximum Gasteiger partial charge on any atom is 0.268 e. The number of nitrogens with one attached hydrogen (secondary N) is 1. The number of hydrogen-bond acceptors (Lipinski definition) is 10. The highest BCUT2D eigenvalue weighted by atomic mass is 32.2. The lowest BCUT2D eigenvalue weighted by Gasteiger charge is -2.36. The van der Waals surface area contributed by atoms with Crippen molar-refractivity contribution in [3.8, 4) is 11.3 Å². The maximum atomic E-state index is 13.3. The third kappa shape index (κ3) is 4.68. The van der Waals surface area contributed by atoms with Gasteiger partial charge < -0.3 is 15.5 Å². The van der Waals surface area contributed by atoms with Gasteiger partial charge in [0.05, 0.1) is 11.3 Å². The molecule has 3 N–H and O–H groups in total. The number of carbonyl (C=O) groups is 1. The fourth-order valence-corrected chi connectivity index (χ4v) is 5.20. The van der Waals surface area contributed by atoms with Gasteiger partial charge in [0.15, 0.2) is 0 Å². The molecule has 3 aromatic rings. The molecule has 36 heavy (non-hydrogen) atoms. The number of pyridine rings is 2. The summed E-state index contributed by atoms with van der Waals surface area (Å²) in [5, 5.41) is 0. The Morgan fingerprint density at radius 3 is 2.44 bits per heavy atom. The lowest BCUT2D eigenvalue weighted by Crippen LogP contribution is -2.43. The van der Waals surface area contributed by atoms with E-state index in [1.54, 1.807) is 29.4 Å². The van der Waals surface area contributed by atoms with Crippen molar-refractivity contribution in [3.63, 3.8) is 0 Å². The van der Waals surface area contributed by atoms with Crippen LogP contribution in [0.15, 0.2) is 47.8 Å².